The predicted octanol–water partition coefficient (Wildman–Crippen LogP) is 15.4. The lowest BCUT2D eigenvalue weighted by molar-refractivity contribution is 0.669. The first kappa shape index (κ1) is 33.9. The number of nitrogens with zero attached hydrogens (tertiary/aromatic N) is 1. The number of anilines is 3. The lowest BCUT2D eigenvalue weighted by atomic mass is 9.74. The quantitative estimate of drug-likeness (QED) is 0.162. The second kappa shape index (κ2) is 13.7. The zero-order chi connectivity index (χ0) is 38.6. The van der Waals surface area contributed by atoms with Crippen molar-refractivity contribution in [2.75, 3.05) is 4.90 Å². The molecule has 0 aliphatic heterocycles. The van der Waals surface area contributed by atoms with Crippen LogP contribution in [0.1, 0.15) is 23.6 Å². The second-order valence-electron chi connectivity index (χ2n) is 15.4. The van der Waals surface area contributed by atoms with Crippen LogP contribution in [0.15, 0.2) is 223 Å². The van der Waals surface area contributed by atoms with E-state index in [0.29, 0.717) is 0 Å². The molecule has 274 valence electrons. The summed E-state index contributed by atoms with van der Waals surface area (Å²) in [4.78, 5) is 2.44. The van der Waals surface area contributed by atoms with E-state index < -0.39 is 0 Å². The van der Waals surface area contributed by atoms with Gasteiger partial charge in [0.2, 0.25) is 0 Å². The summed E-state index contributed by atoms with van der Waals surface area (Å²) in [7, 11) is 0. The van der Waals surface area contributed by atoms with E-state index in [1.165, 1.54) is 55.6 Å². The zero-order valence-corrected chi connectivity index (χ0v) is 32.1. The normalized spacial score (nSPS) is 14.4. The van der Waals surface area contributed by atoms with Gasteiger partial charge >= 0.3 is 0 Å². The first-order valence-electron chi connectivity index (χ1n) is 20.0. The van der Waals surface area contributed by atoms with Crippen LogP contribution in [0.3, 0.4) is 0 Å². The van der Waals surface area contributed by atoms with Gasteiger partial charge < -0.3 is 9.32 Å². The van der Waals surface area contributed by atoms with Gasteiger partial charge in [0.1, 0.15) is 11.2 Å². The Labute approximate surface area is 338 Å². The first-order chi connectivity index (χ1) is 28.7. The molecule has 0 radical (unpaired) electrons. The van der Waals surface area contributed by atoms with Gasteiger partial charge in [-0.2, -0.15) is 0 Å². The molecule has 1 aromatic heterocycles. The molecule has 10 aromatic rings. The Bertz CT molecular complexity index is 3140. The van der Waals surface area contributed by atoms with Crippen LogP contribution in [-0.2, 0) is 5.41 Å². The van der Waals surface area contributed by atoms with E-state index in [2.05, 4.69) is 218 Å². The molecule has 1 unspecified atom stereocenters. The number of para-hydroxylation sites is 2. The highest BCUT2D eigenvalue weighted by atomic mass is 16.3. The fraction of sp³-hybridized carbons (Fsp3) is 0.0357. The summed E-state index contributed by atoms with van der Waals surface area (Å²) < 4.78 is 6.35. The summed E-state index contributed by atoms with van der Waals surface area (Å²) in [5, 5.41) is 2.20. The minimum Gasteiger partial charge on any atom is -0.456 e. The molecular formula is C56H39NO. The maximum atomic E-state index is 6.35. The molecule has 2 heteroatoms. The zero-order valence-electron chi connectivity index (χ0n) is 32.1. The summed E-state index contributed by atoms with van der Waals surface area (Å²) in [6, 6.07) is 79.1. The molecule has 1 aliphatic carbocycles. The third-order valence-electron chi connectivity index (χ3n) is 12.2. The maximum Gasteiger partial charge on any atom is 0.135 e. The molecule has 1 heterocycles. The maximum absolute atomic E-state index is 6.35. The molecule has 58 heavy (non-hydrogen) atoms. The van der Waals surface area contributed by atoms with Crippen molar-refractivity contribution in [1.82, 2.24) is 0 Å². The Balaban J connectivity index is 1.15. The van der Waals surface area contributed by atoms with Crippen molar-refractivity contribution < 1.29 is 4.42 Å². The van der Waals surface area contributed by atoms with E-state index in [9.17, 15) is 0 Å². The Morgan fingerprint density at radius 3 is 1.66 bits per heavy atom. The third kappa shape index (κ3) is 5.33. The number of furan rings is 1. The Kier molecular flexibility index (Phi) is 7.97. The molecule has 1 atom stereocenters. The van der Waals surface area contributed by atoms with E-state index in [4.69, 9.17) is 4.42 Å². The average molecular weight is 742 g/mol. The molecule has 0 amide bonds. The van der Waals surface area contributed by atoms with E-state index in [1.807, 2.05) is 12.1 Å². The van der Waals surface area contributed by atoms with Gasteiger partial charge in [-0.1, -0.05) is 176 Å². The van der Waals surface area contributed by atoms with Gasteiger partial charge in [0.05, 0.1) is 5.69 Å². The highest BCUT2D eigenvalue weighted by Gasteiger charge is 2.41. The van der Waals surface area contributed by atoms with Crippen LogP contribution in [0.25, 0.3) is 66.4 Å². The van der Waals surface area contributed by atoms with Gasteiger partial charge in [0.15, 0.2) is 0 Å². The summed E-state index contributed by atoms with van der Waals surface area (Å²) in [6.45, 7) is 2.38. The van der Waals surface area contributed by atoms with Gasteiger partial charge in [-0.3, -0.25) is 0 Å². The number of fused-ring (bicyclic) bond motifs is 6. The Morgan fingerprint density at radius 2 is 0.879 bits per heavy atom. The fourth-order valence-electron chi connectivity index (χ4n) is 9.43. The summed E-state index contributed by atoms with van der Waals surface area (Å²) >= 11 is 0. The van der Waals surface area contributed by atoms with Crippen molar-refractivity contribution in [2.45, 2.75) is 12.3 Å². The van der Waals surface area contributed by atoms with Crippen LogP contribution in [-0.4, -0.2) is 0 Å². The van der Waals surface area contributed by atoms with Crippen LogP contribution in [0, 0.1) is 0 Å². The molecule has 0 N–H and O–H groups in total. The van der Waals surface area contributed by atoms with Crippen molar-refractivity contribution in [3.63, 3.8) is 0 Å². The highest BCUT2D eigenvalue weighted by Crippen LogP contribution is 2.54. The lowest BCUT2D eigenvalue weighted by Crippen LogP contribution is -2.22. The van der Waals surface area contributed by atoms with Crippen molar-refractivity contribution in [3.8, 4) is 44.5 Å². The largest absolute Gasteiger partial charge is 0.456 e. The number of hydrogen-bond donors (Lipinski definition) is 0. The third-order valence-corrected chi connectivity index (χ3v) is 12.2. The van der Waals surface area contributed by atoms with Crippen LogP contribution in [0.5, 0.6) is 0 Å². The molecule has 11 rings (SSSR count). The van der Waals surface area contributed by atoms with E-state index in [1.54, 1.807) is 0 Å². The van der Waals surface area contributed by atoms with E-state index in [0.717, 1.165) is 44.6 Å². The van der Waals surface area contributed by atoms with Crippen molar-refractivity contribution in [1.29, 1.82) is 0 Å². The molecule has 2 nitrogen and oxygen atoms in total. The smallest absolute Gasteiger partial charge is 0.135 e. The first-order valence-corrected chi connectivity index (χ1v) is 20.0. The molecule has 0 saturated carbocycles. The van der Waals surface area contributed by atoms with Crippen molar-refractivity contribution in [2.24, 2.45) is 0 Å². The van der Waals surface area contributed by atoms with Crippen LogP contribution in [0.2, 0.25) is 0 Å². The van der Waals surface area contributed by atoms with Crippen molar-refractivity contribution >= 4 is 39.0 Å². The fourth-order valence-corrected chi connectivity index (χ4v) is 9.43. The molecule has 9 aromatic carbocycles. The second-order valence-corrected chi connectivity index (χ2v) is 15.4. The lowest BCUT2D eigenvalue weighted by Gasteiger charge is -2.30. The standard InChI is InChI=1S/C56H39NO/c1-56(39-20-6-3-7-21-39)51-29-15-12-26-46(51)49-36-40(32-34-52(49)56)57(41-33-35-55-50(37-41)48-28-14-17-31-54(48)58-55)53-30-16-13-27-47(53)45-25-11-10-24-44(45)43-23-9-8-22-42(43)38-18-4-2-5-19-38/h2-37H,1H3. The molecular weight excluding hydrogens is 703 g/mol. The SMILES string of the molecule is CC1(c2ccccc2)c2ccccc2-c2cc(N(c3ccc4oc5ccccc5c4c3)c3ccccc3-c3ccccc3-c3ccccc3-c3ccccc3)ccc21. The van der Waals surface area contributed by atoms with Gasteiger partial charge in [-0.05, 0) is 105 Å². The van der Waals surface area contributed by atoms with Gasteiger partial charge in [-0.25, -0.2) is 0 Å². The van der Waals surface area contributed by atoms with E-state index in [-0.39, 0.29) is 5.41 Å². The van der Waals surface area contributed by atoms with Gasteiger partial charge in [0.25, 0.3) is 0 Å². The monoisotopic (exact) mass is 741 g/mol. The van der Waals surface area contributed by atoms with Crippen LogP contribution < -0.4 is 4.90 Å². The van der Waals surface area contributed by atoms with Crippen LogP contribution >= 0.6 is 0 Å². The Morgan fingerprint density at radius 1 is 0.362 bits per heavy atom. The molecule has 1 aliphatic rings. The van der Waals surface area contributed by atoms with Crippen molar-refractivity contribution in [3.05, 3.63) is 235 Å². The average Bonchev–Trinajstić information content (AvgIpc) is 3.80. The minimum absolute atomic E-state index is 0.284. The van der Waals surface area contributed by atoms with Crippen LogP contribution in [0.4, 0.5) is 17.1 Å². The number of rotatable bonds is 7. The summed E-state index contributed by atoms with van der Waals surface area (Å²) in [5.74, 6) is 0. The van der Waals surface area contributed by atoms with Gasteiger partial charge in [-0.15, -0.1) is 0 Å². The summed E-state index contributed by atoms with van der Waals surface area (Å²) in [6.07, 6.45) is 0. The predicted molar refractivity (Wildman–Crippen MR) is 242 cm³/mol. The Hall–Kier alpha value is -7.42. The molecule has 0 fully saturated rings. The molecule has 0 spiro atoms. The highest BCUT2D eigenvalue weighted by molar-refractivity contribution is 6.07. The van der Waals surface area contributed by atoms with Gasteiger partial charge in [0, 0.05) is 33.1 Å². The molecule has 0 bridgehead atoms. The molecule has 0 saturated heterocycles. The minimum atomic E-state index is -0.284. The number of hydrogen-bond acceptors (Lipinski definition) is 2. The van der Waals surface area contributed by atoms with E-state index >= 15 is 0 Å². The number of benzene rings is 9. The topological polar surface area (TPSA) is 16.4 Å². The summed E-state index contributed by atoms with van der Waals surface area (Å²) in [5.41, 5.74) is 18.3.